The monoisotopic (exact) mass is 321 g/mol. The van der Waals surface area contributed by atoms with E-state index in [1.165, 1.54) is 0 Å². The number of rotatable bonds is 5. The molecular formula is C16H16ClNO4. The van der Waals surface area contributed by atoms with Gasteiger partial charge in [-0.05, 0) is 24.3 Å². The van der Waals surface area contributed by atoms with Gasteiger partial charge in [0, 0.05) is 42.8 Å². The summed E-state index contributed by atoms with van der Waals surface area (Å²) in [7, 11) is 0. The zero-order valence-electron chi connectivity index (χ0n) is 11.9. The van der Waals surface area contributed by atoms with Crippen molar-refractivity contribution in [1.82, 2.24) is 0 Å². The van der Waals surface area contributed by atoms with Gasteiger partial charge in [-0.15, -0.1) is 0 Å². The quantitative estimate of drug-likeness (QED) is 0.845. The predicted octanol–water partition coefficient (Wildman–Crippen LogP) is 2.57. The van der Waals surface area contributed by atoms with Gasteiger partial charge in [0.15, 0.2) is 0 Å². The molecule has 0 saturated heterocycles. The van der Waals surface area contributed by atoms with Crippen molar-refractivity contribution in [3.05, 3.63) is 29.3 Å². The number of carbonyl (C=O) groups is 4. The predicted molar refractivity (Wildman–Crippen MR) is 81.7 cm³/mol. The molecule has 0 heterocycles. The van der Waals surface area contributed by atoms with Crippen LogP contribution in [-0.4, -0.2) is 23.3 Å². The van der Waals surface area contributed by atoms with Gasteiger partial charge in [-0.2, -0.15) is 0 Å². The maximum absolute atomic E-state index is 12.0. The molecule has 0 unspecified atom stereocenters. The summed E-state index contributed by atoms with van der Waals surface area (Å²) in [5.41, 5.74) is 0.589. The minimum atomic E-state index is -0.857. The van der Waals surface area contributed by atoms with Crippen molar-refractivity contribution in [2.24, 2.45) is 5.92 Å². The molecule has 0 aliphatic heterocycles. The number of halogens is 1. The fourth-order valence-electron chi connectivity index (χ4n) is 2.34. The van der Waals surface area contributed by atoms with E-state index in [0.29, 0.717) is 10.7 Å². The minimum absolute atomic E-state index is 0.0145. The van der Waals surface area contributed by atoms with Crippen LogP contribution in [0.25, 0.3) is 0 Å². The van der Waals surface area contributed by atoms with Crippen molar-refractivity contribution in [2.75, 3.05) is 5.32 Å². The maximum Gasteiger partial charge on any atom is 0.224 e. The normalized spacial score (nSPS) is 18.1. The third-order valence-electron chi connectivity index (χ3n) is 3.59. The van der Waals surface area contributed by atoms with E-state index in [1.54, 1.807) is 24.3 Å². The van der Waals surface area contributed by atoms with Crippen LogP contribution in [0.4, 0.5) is 5.69 Å². The Labute approximate surface area is 133 Å². The molecular weight excluding hydrogens is 306 g/mol. The average molecular weight is 322 g/mol. The first-order chi connectivity index (χ1) is 10.5. The number of Topliss-reactive ketones (excluding diaryl/α,β-unsaturated/α-hetero) is 3. The van der Waals surface area contributed by atoms with Gasteiger partial charge in [-0.1, -0.05) is 11.6 Å². The second-order valence-corrected chi connectivity index (χ2v) is 5.72. The van der Waals surface area contributed by atoms with Gasteiger partial charge in [0.25, 0.3) is 0 Å². The van der Waals surface area contributed by atoms with Crippen molar-refractivity contribution in [2.45, 2.75) is 32.1 Å². The van der Waals surface area contributed by atoms with Crippen molar-refractivity contribution in [3.8, 4) is 0 Å². The molecule has 1 aromatic carbocycles. The molecule has 1 aliphatic rings. The molecule has 1 N–H and O–H groups in total. The van der Waals surface area contributed by atoms with Crippen LogP contribution >= 0.6 is 11.6 Å². The smallest absolute Gasteiger partial charge is 0.224 e. The topological polar surface area (TPSA) is 80.3 Å². The molecule has 6 heteroatoms. The fraction of sp³-hybridized carbons (Fsp3) is 0.375. The number of benzene rings is 1. The summed E-state index contributed by atoms with van der Waals surface area (Å²) in [5.74, 6) is -1.76. The molecule has 5 nitrogen and oxygen atoms in total. The van der Waals surface area contributed by atoms with E-state index in [2.05, 4.69) is 5.32 Å². The summed E-state index contributed by atoms with van der Waals surface area (Å²) in [6, 6.07) is 6.61. The Morgan fingerprint density at radius 3 is 2.45 bits per heavy atom. The van der Waals surface area contributed by atoms with E-state index < -0.39 is 5.92 Å². The first-order valence-corrected chi connectivity index (χ1v) is 7.46. The van der Waals surface area contributed by atoms with Gasteiger partial charge in [-0.25, -0.2) is 0 Å². The van der Waals surface area contributed by atoms with Gasteiger partial charge in [0.1, 0.15) is 17.3 Å². The summed E-state index contributed by atoms with van der Waals surface area (Å²) < 4.78 is 0. The molecule has 0 bridgehead atoms. The van der Waals surface area contributed by atoms with Crippen LogP contribution in [0.15, 0.2) is 24.3 Å². The summed E-state index contributed by atoms with van der Waals surface area (Å²) in [6.45, 7) is 0. The van der Waals surface area contributed by atoms with Crippen molar-refractivity contribution < 1.29 is 19.2 Å². The Kier molecular flexibility index (Phi) is 5.44. The number of ketones is 3. The van der Waals surface area contributed by atoms with Crippen molar-refractivity contribution >= 4 is 40.5 Å². The van der Waals surface area contributed by atoms with E-state index >= 15 is 0 Å². The molecule has 0 radical (unpaired) electrons. The standard InChI is InChI=1S/C16H16ClNO4/c17-10-1-3-11(4-2-10)18-16(22)8-7-15(21)13-9-12(19)5-6-14(13)20/h1-4,13H,5-9H2,(H,18,22)/t13-/m1/s1. The first kappa shape index (κ1) is 16.4. The number of amides is 1. The van der Waals surface area contributed by atoms with Gasteiger partial charge in [0.05, 0.1) is 5.92 Å². The summed E-state index contributed by atoms with van der Waals surface area (Å²) in [4.78, 5) is 46.8. The minimum Gasteiger partial charge on any atom is -0.326 e. The maximum atomic E-state index is 12.0. The number of hydrogen-bond acceptors (Lipinski definition) is 4. The molecule has 1 aliphatic carbocycles. The molecule has 116 valence electrons. The van der Waals surface area contributed by atoms with Crippen LogP contribution in [0.3, 0.4) is 0 Å². The van der Waals surface area contributed by atoms with Gasteiger partial charge in [0.2, 0.25) is 5.91 Å². The van der Waals surface area contributed by atoms with Crippen molar-refractivity contribution in [3.63, 3.8) is 0 Å². The van der Waals surface area contributed by atoms with Crippen molar-refractivity contribution in [1.29, 1.82) is 0 Å². The average Bonchev–Trinajstić information content (AvgIpc) is 2.49. The zero-order valence-corrected chi connectivity index (χ0v) is 12.7. The number of carbonyl (C=O) groups excluding carboxylic acids is 4. The van der Waals surface area contributed by atoms with Gasteiger partial charge >= 0.3 is 0 Å². The molecule has 2 rings (SSSR count). The Bertz CT molecular complexity index is 609. The fourth-order valence-corrected chi connectivity index (χ4v) is 2.47. The van der Waals surface area contributed by atoms with E-state index in [0.717, 1.165) is 0 Å². The SMILES string of the molecule is O=C1CCC(=O)[C@H](C(=O)CCC(=O)Nc2ccc(Cl)cc2)C1. The second kappa shape index (κ2) is 7.31. The molecule has 1 saturated carbocycles. The highest BCUT2D eigenvalue weighted by Gasteiger charge is 2.32. The number of nitrogens with one attached hydrogen (secondary N) is 1. The zero-order chi connectivity index (χ0) is 16.1. The lowest BCUT2D eigenvalue weighted by Crippen LogP contribution is -2.31. The van der Waals surface area contributed by atoms with Crippen LogP contribution in [0.1, 0.15) is 32.1 Å². The molecule has 0 spiro atoms. The van der Waals surface area contributed by atoms with Crippen LogP contribution in [0.5, 0.6) is 0 Å². The first-order valence-electron chi connectivity index (χ1n) is 7.08. The summed E-state index contributed by atoms with van der Waals surface area (Å²) in [6.07, 6.45) is 0.283. The van der Waals surface area contributed by atoms with E-state index in [4.69, 9.17) is 11.6 Å². The van der Waals surface area contributed by atoms with Gasteiger partial charge < -0.3 is 5.32 Å². The second-order valence-electron chi connectivity index (χ2n) is 5.28. The highest BCUT2D eigenvalue weighted by molar-refractivity contribution is 6.30. The number of hydrogen-bond donors (Lipinski definition) is 1. The van der Waals surface area contributed by atoms with Crippen LogP contribution in [0, 0.1) is 5.92 Å². The lowest BCUT2D eigenvalue weighted by Gasteiger charge is -2.18. The molecule has 1 atom stereocenters. The summed E-state index contributed by atoms with van der Waals surface area (Å²) in [5, 5.41) is 3.21. The van der Waals surface area contributed by atoms with E-state index in [-0.39, 0.29) is 55.4 Å². The number of anilines is 1. The van der Waals surface area contributed by atoms with Crippen LogP contribution < -0.4 is 5.32 Å². The molecule has 1 aromatic rings. The molecule has 0 aromatic heterocycles. The third kappa shape index (κ3) is 4.49. The van der Waals surface area contributed by atoms with E-state index in [1.807, 2.05) is 0 Å². The van der Waals surface area contributed by atoms with Crippen LogP contribution in [0.2, 0.25) is 5.02 Å². The highest BCUT2D eigenvalue weighted by Crippen LogP contribution is 2.21. The van der Waals surface area contributed by atoms with E-state index in [9.17, 15) is 19.2 Å². The molecule has 1 amide bonds. The third-order valence-corrected chi connectivity index (χ3v) is 3.84. The molecule has 1 fully saturated rings. The summed E-state index contributed by atoms with van der Waals surface area (Å²) >= 11 is 5.75. The highest BCUT2D eigenvalue weighted by atomic mass is 35.5. The Morgan fingerprint density at radius 2 is 1.77 bits per heavy atom. The molecule has 22 heavy (non-hydrogen) atoms. The Balaban J connectivity index is 1.82. The largest absolute Gasteiger partial charge is 0.326 e. The Hall–Kier alpha value is -2.01. The lowest BCUT2D eigenvalue weighted by molar-refractivity contribution is -0.140. The van der Waals surface area contributed by atoms with Crippen LogP contribution in [-0.2, 0) is 19.2 Å². The Morgan fingerprint density at radius 1 is 1.09 bits per heavy atom. The lowest BCUT2D eigenvalue weighted by atomic mass is 9.83. The van der Waals surface area contributed by atoms with Gasteiger partial charge in [-0.3, -0.25) is 19.2 Å².